The number of carbonyl (C=O) groups is 1. The van der Waals surface area contributed by atoms with E-state index in [9.17, 15) is 4.79 Å². The minimum atomic E-state index is -0.142. The highest BCUT2D eigenvalue weighted by atomic mass is 16.5. The molecule has 0 atom stereocenters. The van der Waals surface area contributed by atoms with Gasteiger partial charge in [0.2, 0.25) is 5.91 Å². The first-order chi connectivity index (χ1) is 13.2. The van der Waals surface area contributed by atoms with E-state index in [-0.39, 0.29) is 12.5 Å². The average molecular weight is 362 g/mol. The molecule has 0 aliphatic heterocycles. The van der Waals surface area contributed by atoms with Crippen molar-refractivity contribution in [1.82, 2.24) is 0 Å². The second-order valence-corrected chi connectivity index (χ2v) is 5.99. The standard InChI is InChI=1S/C22H22N2O3/c1-24(16-22(25)23-18-12-6-8-14-20(18)26-2)19-13-7-9-15-21(19)27-17-10-4-3-5-11-17/h3-15H,16H2,1-2H3,(H,23,25). The maximum atomic E-state index is 12.5. The molecule has 5 heteroatoms. The van der Waals surface area contributed by atoms with Gasteiger partial charge in [0.05, 0.1) is 25.0 Å². The highest BCUT2D eigenvalue weighted by molar-refractivity contribution is 5.95. The van der Waals surface area contributed by atoms with Crippen LogP contribution in [0.15, 0.2) is 78.9 Å². The molecule has 1 N–H and O–H groups in total. The molecule has 0 unspecified atom stereocenters. The van der Waals surface area contributed by atoms with E-state index >= 15 is 0 Å². The molecule has 0 saturated carbocycles. The van der Waals surface area contributed by atoms with Gasteiger partial charge in [-0.3, -0.25) is 4.79 Å². The van der Waals surface area contributed by atoms with Crippen molar-refractivity contribution in [1.29, 1.82) is 0 Å². The second-order valence-electron chi connectivity index (χ2n) is 5.99. The lowest BCUT2D eigenvalue weighted by atomic mass is 10.2. The summed E-state index contributed by atoms with van der Waals surface area (Å²) in [5.41, 5.74) is 1.48. The van der Waals surface area contributed by atoms with Gasteiger partial charge in [0.15, 0.2) is 5.75 Å². The summed E-state index contributed by atoms with van der Waals surface area (Å²) >= 11 is 0. The minimum Gasteiger partial charge on any atom is -0.495 e. The van der Waals surface area contributed by atoms with E-state index in [1.807, 2.05) is 90.8 Å². The number of nitrogens with zero attached hydrogens (tertiary/aromatic N) is 1. The van der Waals surface area contributed by atoms with Gasteiger partial charge in [0.1, 0.15) is 11.5 Å². The number of para-hydroxylation sites is 5. The normalized spacial score (nSPS) is 10.1. The van der Waals surface area contributed by atoms with Crippen molar-refractivity contribution in [2.24, 2.45) is 0 Å². The first-order valence-electron chi connectivity index (χ1n) is 8.63. The predicted octanol–water partition coefficient (Wildman–Crippen LogP) is 4.56. The summed E-state index contributed by atoms with van der Waals surface area (Å²) in [6, 6.07) is 24.5. The molecule has 3 aromatic rings. The summed E-state index contributed by atoms with van der Waals surface area (Å²) in [5, 5.41) is 2.88. The van der Waals surface area contributed by atoms with Crippen LogP contribution in [0.3, 0.4) is 0 Å². The van der Waals surface area contributed by atoms with Crippen LogP contribution in [-0.4, -0.2) is 26.6 Å². The van der Waals surface area contributed by atoms with Crippen molar-refractivity contribution < 1.29 is 14.3 Å². The molecular weight excluding hydrogens is 340 g/mol. The number of rotatable bonds is 7. The molecule has 27 heavy (non-hydrogen) atoms. The minimum absolute atomic E-state index is 0.142. The quantitative estimate of drug-likeness (QED) is 0.669. The van der Waals surface area contributed by atoms with Crippen molar-refractivity contribution >= 4 is 17.3 Å². The van der Waals surface area contributed by atoms with E-state index in [4.69, 9.17) is 9.47 Å². The Morgan fingerprint density at radius 2 is 1.52 bits per heavy atom. The molecule has 3 aromatic carbocycles. The van der Waals surface area contributed by atoms with Crippen LogP contribution in [0, 0.1) is 0 Å². The Kier molecular flexibility index (Phi) is 5.94. The van der Waals surface area contributed by atoms with Crippen LogP contribution in [0.25, 0.3) is 0 Å². The third kappa shape index (κ3) is 4.79. The molecular formula is C22H22N2O3. The molecule has 0 aliphatic carbocycles. The third-order valence-corrected chi connectivity index (χ3v) is 4.01. The summed E-state index contributed by atoms with van der Waals surface area (Å²) in [7, 11) is 3.43. The van der Waals surface area contributed by atoms with Crippen molar-refractivity contribution in [3.63, 3.8) is 0 Å². The number of hydrogen-bond donors (Lipinski definition) is 1. The largest absolute Gasteiger partial charge is 0.495 e. The van der Waals surface area contributed by atoms with Crippen LogP contribution >= 0.6 is 0 Å². The number of ether oxygens (including phenoxy) is 2. The summed E-state index contributed by atoms with van der Waals surface area (Å²) in [6.45, 7) is 0.174. The van der Waals surface area contributed by atoms with Crippen LogP contribution in [-0.2, 0) is 4.79 Å². The van der Waals surface area contributed by atoms with Crippen LogP contribution in [0.4, 0.5) is 11.4 Å². The Morgan fingerprint density at radius 1 is 0.889 bits per heavy atom. The Balaban J connectivity index is 1.71. The number of likely N-dealkylation sites (N-methyl/N-ethyl adjacent to an activating group) is 1. The van der Waals surface area contributed by atoms with Crippen molar-refractivity contribution in [3.8, 4) is 17.2 Å². The number of anilines is 2. The highest BCUT2D eigenvalue weighted by Gasteiger charge is 2.14. The molecule has 0 bridgehead atoms. The zero-order valence-electron chi connectivity index (χ0n) is 15.4. The Labute approximate surface area is 159 Å². The topological polar surface area (TPSA) is 50.8 Å². The predicted molar refractivity (Wildman–Crippen MR) is 108 cm³/mol. The number of hydrogen-bond acceptors (Lipinski definition) is 4. The molecule has 5 nitrogen and oxygen atoms in total. The van der Waals surface area contributed by atoms with Crippen LogP contribution < -0.4 is 19.7 Å². The maximum absolute atomic E-state index is 12.5. The molecule has 0 aliphatic rings. The van der Waals surface area contributed by atoms with E-state index in [2.05, 4.69) is 5.32 Å². The molecule has 1 amide bonds. The monoisotopic (exact) mass is 362 g/mol. The molecule has 0 fully saturated rings. The van der Waals surface area contributed by atoms with Gasteiger partial charge < -0.3 is 19.7 Å². The van der Waals surface area contributed by atoms with Crippen LogP contribution in [0.5, 0.6) is 17.2 Å². The lowest BCUT2D eigenvalue weighted by Gasteiger charge is -2.22. The third-order valence-electron chi connectivity index (χ3n) is 4.01. The maximum Gasteiger partial charge on any atom is 0.243 e. The number of amides is 1. The van der Waals surface area contributed by atoms with Gasteiger partial charge in [-0.1, -0.05) is 42.5 Å². The van der Waals surface area contributed by atoms with Gasteiger partial charge in [-0.25, -0.2) is 0 Å². The number of benzene rings is 3. The Morgan fingerprint density at radius 3 is 2.26 bits per heavy atom. The average Bonchev–Trinajstić information content (AvgIpc) is 2.69. The first kappa shape index (κ1) is 18.3. The Bertz CT molecular complexity index is 897. The van der Waals surface area contributed by atoms with Crippen LogP contribution in [0.1, 0.15) is 0 Å². The fourth-order valence-corrected chi connectivity index (χ4v) is 2.71. The molecule has 0 heterocycles. The second kappa shape index (κ2) is 8.76. The van der Waals surface area contributed by atoms with Gasteiger partial charge in [0.25, 0.3) is 0 Å². The van der Waals surface area contributed by atoms with Gasteiger partial charge >= 0.3 is 0 Å². The zero-order valence-corrected chi connectivity index (χ0v) is 15.4. The van der Waals surface area contributed by atoms with E-state index in [1.54, 1.807) is 7.11 Å². The van der Waals surface area contributed by atoms with Crippen LogP contribution in [0.2, 0.25) is 0 Å². The SMILES string of the molecule is COc1ccccc1NC(=O)CN(C)c1ccccc1Oc1ccccc1. The fourth-order valence-electron chi connectivity index (χ4n) is 2.71. The number of carbonyl (C=O) groups excluding carboxylic acids is 1. The van der Waals surface area contributed by atoms with Crippen molar-refractivity contribution in [2.75, 3.05) is 30.9 Å². The van der Waals surface area contributed by atoms with E-state index in [0.717, 1.165) is 11.4 Å². The van der Waals surface area contributed by atoms with Crippen molar-refractivity contribution in [2.45, 2.75) is 0 Å². The first-order valence-corrected chi connectivity index (χ1v) is 8.63. The highest BCUT2D eigenvalue weighted by Crippen LogP contribution is 2.31. The molecule has 0 spiro atoms. The summed E-state index contributed by atoms with van der Waals surface area (Å²) in [6.07, 6.45) is 0. The van der Waals surface area contributed by atoms with E-state index < -0.39 is 0 Å². The zero-order chi connectivity index (χ0) is 19.1. The molecule has 0 radical (unpaired) electrons. The number of nitrogens with one attached hydrogen (secondary N) is 1. The van der Waals surface area contributed by atoms with Gasteiger partial charge in [-0.15, -0.1) is 0 Å². The summed E-state index contributed by atoms with van der Waals surface area (Å²) in [4.78, 5) is 14.3. The smallest absolute Gasteiger partial charge is 0.243 e. The molecule has 3 rings (SSSR count). The van der Waals surface area contributed by atoms with E-state index in [1.165, 1.54) is 0 Å². The molecule has 138 valence electrons. The number of methoxy groups -OCH3 is 1. The van der Waals surface area contributed by atoms with Crippen molar-refractivity contribution in [3.05, 3.63) is 78.9 Å². The van der Waals surface area contributed by atoms with Gasteiger partial charge in [-0.2, -0.15) is 0 Å². The molecule has 0 aromatic heterocycles. The van der Waals surface area contributed by atoms with E-state index in [0.29, 0.717) is 17.2 Å². The molecule has 0 saturated heterocycles. The fraction of sp³-hybridized carbons (Fsp3) is 0.136. The Hall–Kier alpha value is -3.47. The lowest BCUT2D eigenvalue weighted by Crippen LogP contribution is -2.30. The summed E-state index contributed by atoms with van der Waals surface area (Å²) < 4.78 is 11.2. The lowest BCUT2D eigenvalue weighted by molar-refractivity contribution is -0.114. The summed E-state index contributed by atoms with van der Waals surface area (Å²) in [5.74, 6) is 1.92. The van der Waals surface area contributed by atoms with Gasteiger partial charge in [-0.05, 0) is 36.4 Å². The van der Waals surface area contributed by atoms with Gasteiger partial charge in [0, 0.05) is 7.05 Å².